The van der Waals surface area contributed by atoms with Crippen LogP contribution < -0.4 is 0 Å². The molecule has 0 saturated carbocycles. The first-order valence-electron chi connectivity index (χ1n) is 5.09. The second-order valence-electron chi connectivity index (χ2n) is 3.80. The first-order chi connectivity index (χ1) is 7.50. The van der Waals surface area contributed by atoms with Crippen molar-refractivity contribution >= 4 is 10.8 Å². The number of hydrogen-bond donors (Lipinski definition) is 1. The van der Waals surface area contributed by atoms with Gasteiger partial charge in [0.05, 0.1) is 22.6 Å². The highest BCUT2D eigenvalue weighted by atomic mass is 32.2. The van der Waals surface area contributed by atoms with E-state index >= 15 is 0 Å². The van der Waals surface area contributed by atoms with Crippen LogP contribution in [0.3, 0.4) is 0 Å². The Labute approximate surface area is 98.2 Å². The first kappa shape index (κ1) is 12.9. The van der Waals surface area contributed by atoms with Crippen molar-refractivity contribution in [2.24, 2.45) is 0 Å². The Balaban J connectivity index is 2.81. The lowest BCUT2D eigenvalue weighted by Crippen LogP contribution is -2.32. The van der Waals surface area contributed by atoms with E-state index in [1.165, 1.54) is 0 Å². The molecule has 0 aliphatic heterocycles. The molecule has 2 atom stereocenters. The predicted octanol–water partition coefficient (Wildman–Crippen LogP) is 1.77. The van der Waals surface area contributed by atoms with Crippen LogP contribution in [0.4, 0.5) is 0 Å². The number of aryl methyl sites for hydroxylation is 1. The molecule has 0 fully saturated rings. The van der Waals surface area contributed by atoms with Crippen LogP contribution in [0.5, 0.6) is 0 Å². The van der Waals surface area contributed by atoms with Gasteiger partial charge in [0.2, 0.25) is 0 Å². The van der Waals surface area contributed by atoms with E-state index in [0.717, 1.165) is 5.56 Å². The van der Waals surface area contributed by atoms with Crippen molar-refractivity contribution in [1.29, 1.82) is 5.26 Å². The Morgan fingerprint density at radius 1 is 1.44 bits per heavy atom. The van der Waals surface area contributed by atoms with Gasteiger partial charge in [-0.2, -0.15) is 5.26 Å². The quantitative estimate of drug-likeness (QED) is 0.812. The number of hydrogen-bond acceptors (Lipinski definition) is 3. The van der Waals surface area contributed by atoms with Crippen molar-refractivity contribution in [1.82, 2.24) is 0 Å². The largest absolute Gasteiger partial charge is 0.374 e. The SMILES string of the molecule is CCC(O)(C#N)CS(=O)c1ccc(C)cc1. The lowest BCUT2D eigenvalue weighted by molar-refractivity contribution is 0.120. The molecular formula is C12H15NO2S. The summed E-state index contributed by atoms with van der Waals surface area (Å²) in [6.07, 6.45) is 0.279. The Kier molecular flexibility index (Phi) is 4.22. The van der Waals surface area contributed by atoms with E-state index < -0.39 is 16.4 Å². The number of nitriles is 1. The van der Waals surface area contributed by atoms with E-state index in [-0.39, 0.29) is 12.2 Å². The maximum Gasteiger partial charge on any atom is 0.162 e. The summed E-state index contributed by atoms with van der Waals surface area (Å²) < 4.78 is 11.9. The number of nitrogens with zero attached hydrogens (tertiary/aromatic N) is 1. The molecule has 0 aliphatic carbocycles. The second-order valence-corrected chi connectivity index (χ2v) is 5.25. The molecule has 0 saturated heterocycles. The van der Waals surface area contributed by atoms with Gasteiger partial charge in [-0.3, -0.25) is 4.21 Å². The highest BCUT2D eigenvalue weighted by Crippen LogP contribution is 2.16. The summed E-state index contributed by atoms with van der Waals surface area (Å²) in [5, 5.41) is 18.6. The Bertz CT molecular complexity index is 422. The molecule has 1 N–H and O–H groups in total. The fraction of sp³-hybridized carbons (Fsp3) is 0.417. The molecule has 1 aromatic rings. The molecule has 0 bridgehead atoms. The molecule has 4 heteroatoms. The molecule has 0 heterocycles. The van der Waals surface area contributed by atoms with Gasteiger partial charge in [-0.25, -0.2) is 0 Å². The van der Waals surface area contributed by atoms with E-state index in [4.69, 9.17) is 5.26 Å². The fourth-order valence-corrected chi connectivity index (χ4v) is 2.51. The zero-order chi connectivity index (χ0) is 12.2. The maximum atomic E-state index is 11.9. The molecule has 0 radical (unpaired) electrons. The summed E-state index contributed by atoms with van der Waals surface area (Å²) in [7, 11) is -1.33. The average Bonchev–Trinajstić information content (AvgIpc) is 2.29. The molecule has 3 nitrogen and oxygen atoms in total. The van der Waals surface area contributed by atoms with Gasteiger partial charge >= 0.3 is 0 Å². The summed E-state index contributed by atoms with van der Waals surface area (Å²) in [5.41, 5.74) is -0.401. The predicted molar refractivity (Wildman–Crippen MR) is 63.3 cm³/mol. The van der Waals surface area contributed by atoms with Crippen molar-refractivity contribution < 1.29 is 9.32 Å². The van der Waals surface area contributed by atoms with E-state index in [0.29, 0.717) is 4.90 Å². The van der Waals surface area contributed by atoms with Gasteiger partial charge in [0.25, 0.3) is 0 Å². The van der Waals surface area contributed by atoms with Crippen molar-refractivity contribution in [3.05, 3.63) is 29.8 Å². The van der Waals surface area contributed by atoms with Crippen LogP contribution >= 0.6 is 0 Å². The third kappa shape index (κ3) is 3.16. The van der Waals surface area contributed by atoms with E-state index in [9.17, 15) is 9.32 Å². The normalized spacial score (nSPS) is 16.1. The van der Waals surface area contributed by atoms with Gasteiger partial charge in [0, 0.05) is 4.90 Å². The Morgan fingerprint density at radius 3 is 2.44 bits per heavy atom. The molecule has 1 aromatic carbocycles. The van der Waals surface area contributed by atoms with Crippen LogP contribution in [0.2, 0.25) is 0 Å². The minimum absolute atomic E-state index is 0.0386. The number of benzene rings is 1. The molecule has 0 aromatic heterocycles. The Morgan fingerprint density at radius 2 is 2.00 bits per heavy atom. The van der Waals surface area contributed by atoms with Crippen LogP contribution in [0.25, 0.3) is 0 Å². The van der Waals surface area contributed by atoms with Gasteiger partial charge in [-0.15, -0.1) is 0 Å². The molecule has 0 amide bonds. The first-order valence-corrected chi connectivity index (χ1v) is 6.41. The van der Waals surface area contributed by atoms with Crippen LogP contribution in [0, 0.1) is 18.3 Å². The zero-order valence-electron chi connectivity index (χ0n) is 9.43. The molecule has 86 valence electrons. The topological polar surface area (TPSA) is 61.1 Å². The highest BCUT2D eigenvalue weighted by Gasteiger charge is 2.27. The minimum atomic E-state index is -1.49. The maximum absolute atomic E-state index is 11.9. The van der Waals surface area contributed by atoms with Crippen LogP contribution in [-0.2, 0) is 10.8 Å². The van der Waals surface area contributed by atoms with Crippen molar-refractivity contribution in [3.8, 4) is 6.07 Å². The van der Waals surface area contributed by atoms with Crippen LogP contribution in [0.1, 0.15) is 18.9 Å². The summed E-state index contributed by atoms with van der Waals surface area (Å²) >= 11 is 0. The molecule has 0 spiro atoms. The molecule has 2 unspecified atom stereocenters. The van der Waals surface area contributed by atoms with Crippen molar-refractivity contribution in [2.45, 2.75) is 30.8 Å². The Hall–Kier alpha value is -1.18. The summed E-state index contributed by atoms with van der Waals surface area (Å²) in [6, 6.07) is 9.06. The van der Waals surface area contributed by atoms with E-state index in [1.54, 1.807) is 25.1 Å². The third-order valence-electron chi connectivity index (χ3n) is 2.45. The molecule has 1 rings (SSSR count). The monoisotopic (exact) mass is 237 g/mol. The fourth-order valence-electron chi connectivity index (χ4n) is 1.20. The average molecular weight is 237 g/mol. The van der Waals surface area contributed by atoms with Gasteiger partial charge in [0.1, 0.15) is 0 Å². The smallest absolute Gasteiger partial charge is 0.162 e. The highest BCUT2D eigenvalue weighted by molar-refractivity contribution is 7.85. The summed E-state index contributed by atoms with van der Waals surface area (Å²) in [4.78, 5) is 0.646. The zero-order valence-corrected chi connectivity index (χ0v) is 10.3. The lowest BCUT2D eigenvalue weighted by atomic mass is 10.1. The standard InChI is InChI=1S/C12H15NO2S/c1-3-12(14,8-13)9-16(15)11-6-4-10(2)5-7-11/h4-7,14H,3,9H2,1-2H3. The molecule has 16 heavy (non-hydrogen) atoms. The lowest BCUT2D eigenvalue weighted by Gasteiger charge is -2.17. The van der Waals surface area contributed by atoms with Gasteiger partial charge in [0.15, 0.2) is 5.60 Å². The van der Waals surface area contributed by atoms with Crippen molar-refractivity contribution in [3.63, 3.8) is 0 Å². The van der Waals surface area contributed by atoms with Crippen molar-refractivity contribution in [2.75, 3.05) is 5.75 Å². The minimum Gasteiger partial charge on any atom is -0.374 e. The van der Waals surface area contributed by atoms with Crippen LogP contribution in [-0.4, -0.2) is 20.7 Å². The number of rotatable bonds is 4. The summed E-state index contributed by atoms with van der Waals surface area (Å²) in [5.74, 6) is -0.0386. The van der Waals surface area contributed by atoms with Gasteiger partial charge in [-0.05, 0) is 25.5 Å². The third-order valence-corrected chi connectivity index (χ3v) is 3.98. The van der Waals surface area contributed by atoms with Gasteiger partial charge in [-0.1, -0.05) is 24.6 Å². The second kappa shape index (κ2) is 5.24. The van der Waals surface area contributed by atoms with E-state index in [1.807, 2.05) is 19.1 Å². The summed E-state index contributed by atoms with van der Waals surface area (Å²) in [6.45, 7) is 3.65. The van der Waals surface area contributed by atoms with Gasteiger partial charge < -0.3 is 5.11 Å². The molecule has 0 aliphatic rings. The molecular weight excluding hydrogens is 222 g/mol. The van der Waals surface area contributed by atoms with Crippen LogP contribution in [0.15, 0.2) is 29.2 Å². The van der Waals surface area contributed by atoms with E-state index in [2.05, 4.69) is 0 Å². The number of aliphatic hydroxyl groups is 1.